The number of carbonyl (C=O) groups is 1. The van der Waals surface area contributed by atoms with Gasteiger partial charge in [0.15, 0.2) is 0 Å². The minimum atomic E-state index is -0.317. The number of nitrogens with two attached hydrogens (primary N) is 1. The number of nitrogens with one attached hydrogen (secondary N) is 1. The maximum atomic E-state index is 11.6. The van der Waals surface area contributed by atoms with E-state index in [1.54, 1.807) is 11.6 Å². The second-order valence-corrected chi connectivity index (χ2v) is 3.77. The van der Waals surface area contributed by atoms with E-state index in [0.717, 1.165) is 11.4 Å². The largest absolute Gasteiger partial charge is 0.290 e. The van der Waals surface area contributed by atoms with E-state index in [2.05, 4.69) is 10.5 Å². The van der Waals surface area contributed by atoms with Crippen LogP contribution in [0.5, 0.6) is 0 Å². The standard InChI is InChI=1S/C12H14N4O/c1-8-11(12(17)14-13)9(2)16(15-8)10-6-4-3-5-7-10/h3-7H,13H2,1-2H3,(H,14,17). The van der Waals surface area contributed by atoms with Crippen LogP contribution in [-0.2, 0) is 0 Å². The molecule has 1 aromatic heterocycles. The minimum absolute atomic E-state index is 0.317. The van der Waals surface area contributed by atoms with Gasteiger partial charge in [0, 0.05) is 0 Å². The maximum absolute atomic E-state index is 11.6. The molecule has 17 heavy (non-hydrogen) atoms. The zero-order valence-electron chi connectivity index (χ0n) is 9.77. The molecule has 0 bridgehead atoms. The number of rotatable bonds is 2. The first-order chi connectivity index (χ1) is 8.15. The lowest BCUT2D eigenvalue weighted by molar-refractivity contribution is 0.0952. The van der Waals surface area contributed by atoms with Crippen LogP contribution in [0.25, 0.3) is 5.69 Å². The Morgan fingerprint density at radius 2 is 1.94 bits per heavy atom. The molecule has 0 aliphatic carbocycles. The molecule has 5 nitrogen and oxygen atoms in total. The lowest BCUT2D eigenvalue weighted by atomic mass is 10.2. The van der Waals surface area contributed by atoms with E-state index in [9.17, 15) is 4.79 Å². The second-order valence-electron chi connectivity index (χ2n) is 3.77. The summed E-state index contributed by atoms with van der Waals surface area (Å²) in [5.74, 6) is 4.84. The van der Waals surface area contributed by atoms with Gasteiger partial charge in [-0.3, -0.25) is 10.2 Å². The number of para-hydroxylation sites is 1. The molecule has 88 valence electrons. The Hall–Kier alpha value is -2.14. The van der Waals surface area contributed by atoms with Crippen molar-refractivity contribution < 1.29 is 4.79 Å². The summed E-state index contributed by atoms with van der Waals surface area (Å²) in [4.78, 5) is 11.6. The van der Waals surface area contributed by atoms with E-state index in [-0.39, 0.29) is 5.91 Å². The number of benzene rings is 1. The Morgan fingerprint density at radius 3 is 2.53 bits per heavy atom. The molecule has 0 saturated carbocycles. The highest BCUT2D eigenvalue weighted by Gasteiger charge is 2.18. The molecule has 1 aromatic carbocycles. The number of carbonyl (C=O) groups excluding carboxylic acids is 1. The number of amides is 1. The fourth-order valence-electron chi connectivity index (χ4n) is 1.86. The lowest BCUT2D eigenvalue weighted by Crippen LogP contribution is -2.30. The van der Waals surface area contributed by atoms with Crippen molar-refractivity contribution in [3.05, 3.63) is 47.3 Å². The highest BCUT2D eigenvalue weighted by Crippen LogP contribution is 2.17. The van der Waals surface area contributed by atoms with Crippen molar-refractivity contribution >= 4 is 5.91 Å². The maximum Gasteiger partial charge on any atom is 0.268 e. The molecule has 3 N–H and O–H groups in total. The van der Waals surface area contributed by atoms with Gasteiger partial charge in [-0.15, -0.1) is 0 Å². The van der Waals surface area contributed by atoms with Gasteiger partial charge >= 0.3 is 0 Å². The smallest absolute Gasteiger partial charge is 0.268 e. The van der Waals surface area contributed by atoms with E-state index >= 15 is 0 Å². The zero-order chi connectivity index (χ0) is 12.4. The van der Waals surface area contributed by atoms with Crippen molar-refractivity contribution in [1.29, 1.82) is 0 Å². The summed E-state index contributed by atoms with van der Waals surface area (Å²) in [5, 5.41) is 4.35. The fraction of sp³-hybridized carbons (Fsp3) is 0.167. The SMILES string of the molecule is Cc1nn(-c2ccccc2)c(C)c1C(=O)NN. The molecule has 5 heteroatoms. The van der Waals surface area contributed by atoms with Gasteiger partial charge in [-0.05, 0) is 26.0 Å². The molecule has 0 aliphatic heterocycles. The fourth-order valence-corrected chi connectivity index (χ4v) is 1.86. The Morgan fingerprint density at radius 1 is 1.29 bits per heavy atom. The first kappa shape index (κ1) is 11.3. The van der Waals surface area contributed by atoms with Gasteiger partial charge in [0.05, 0.1) is 22.6 Å². The monoisotopic (exact) mass is 230 g/mol. The first-order valence-corrected chi connectivity index (χ1v) is 5.27. The predicted octanol–water partition coefficient (Wildman–Crippen LogP) is 1.09. The van der Waals surface area contributed by atoms with E-state index in [0.29, 0.717) is 11.3 Å². The van der Waals surface area contributed by atoms with Gasteiger partial charge in [-0.1, -0.05) is 18.2 Å². The van der Waals surface area contributed by atoms with Crippen LogP contribution in [-0.4, -0.2) is 15.7 Å². The van der Waals surface area contributed by atoms with Crippen LogP contribution < -0.4 is 11.3 Å². The number of nitrogens with zero attached hydrogens (tertiary/aromatic N) is 2. The summed E-state index contributed by atoms with van der Waals surface area (Å²) in [7, 11) is 0. The number of hydrazine groups is 1. The molecule has 0 unspecified atom stereocenters. The normalized spacial score (nSPS) is 10.3. The average Bonchev–Trinajstić information content (AvgIpc) is 2.65. The number of hydrogen-bond donors (Lipinski definition) is 2. The summed E-state index contributed by atoms with van der Waals surface area (Å²) in [5.41, 5.74) is 5.02. The predicted molar refractivity (Wildman–Crippen MR) is 64.7 cm³/mol. The summed E-state index contributed by atoms with van der Waals surface area (Å²) in [6.07, 6.45) is 0. The summed E-state index contributed by atoms with van der Waals surface area (Å²) in [6, 6.07) is 9.65. The molecule has 0 spiro atoms. The molecule has 2 aromatic rings. The molecular formula is C12H14N4O. The topological polar surface area (TPSA) is 72.9 Å². The van der Waals surface area contributed by atoms with E-state index in [4.69, 9.17) is 5.84 Å². The molecule has 0 atom stereocenters. The van der Waals surface area contributed by atoms with Crippen molar-refractivity contribution in [2.75, 3.05) is 0 Å². The van der Waals surface area contributed by atoms with Gasteiger partial charge in [-0.25, -0.2) is 10.5 Å². The second kappa shape index (κ2) is 4.39. The first-order valence-electron chi connectivity index (χ1n) is 5.27. The van der Waals surface area contributed by atoms with Crippen LogP contribution in [0.4, 0.5) is 0 Å². The number of aryl methyl sites for hydroxylation is 1. The van der Waals surface area contributed by atoms with Gasteiger partial charge < -0.3 is 0 Å². The number of hydrogen-bond acceptors (Lipinski definition) is 3. The third kappa shape index (κ3) is 1.92. The molecule has 1 heterocycles. The highest BCUT2D eigenvalue weighted by atomic mass is 16.2. The number of aromatic nitrogens is 2. The third-order valence-electron chi connectivity index (χ3n) is 2.65. The summed E-state index contributed by atoms with van der Waals surface area (Å²) in [6.45, 7) is 3.63. The quantitative estimate of drug-likeness (QED) is 0.461. The van der Waals surface area contributed by atoms with Gasteiger partial charge in [0.2, 0.25) is 0 Å². The Kier molecular flexibility index (Phi) is 2.93. The van der Waals surface area contributed by atoms with Crippen molar-refractivity contribution in [1.82, 2.24) is 15.2 Å². The van der Waals surface area contributed by atoms with Crippen molar-refractivity contribution in [3.8, 4) is 5.69 Å². The summed E-state index contributed by atoms with van der Waals surface area (Å²) < 4.78 is 1.74. The molecule has 0 fully saturated rings. The van der Waals surface area contributed by atoms with Gasteiger partial charge in [-0.2, -0.15) is 5.10 Å². The summed E-state index contributed by atoms with van der Waals surface area (Å²) >= 11 is 0. The molecule has 2 rings (SSSR count). The minimum Gasteiger partial charge on any atom is -0.290 e. The highest BCUT2D eigenvalue weighted by molar-refractivity contribution is 5.96. The van der Waals surface area contributed by atoms with Crippen LogP contribution in [0, 0.1) is 13.8 Å². The van der Waals surface area contributed by atoms with Gasteiger partial charge in [0.25, 0.3) is 5.91 Å². The van der Waals surface area contributed by atoms with Gasteiger partial charge in [0.1, 0.15) is 0 Å². The lowest BCUT2D eigenvalue weighted by Gasteiger charge is -2.04. The van der Waals surface area contributed by atoms with Crippen LogP contribution in [0.2, 0.25) is 0 Å². The van der Waals surface area contributed by atoms with Crippen molar-refractivity contribution in [3.63, 3.8) is 0 Å². The van der Waals surface area contributed by atoms with Crippen LogP contribution >= 0.6 is 0 Å². The Balaban J connectivity index is 2.56. The molecule has 0 radical (unpaired) electrons. The van der Waals surface area contributed by atoms with E-state index in [1.165, 1.54) is 0 Å². The van der Waals surface area contributed by atoms with Crippen molar-refractivity contribution in [2.24, 2.45) is 5.84 Å². The average molecular weight is 230 g/mol. The molecule has 1 amide bonds. The van der Waals surface area contributed by atoms with Crippen molar-refractivity contribution in [2.45, 2.75) is 13.8 Å². The molecular weight excluding hydrogens is 216 g/mol. The van der Waals surface area contributed by atoms with E-state index in [1.807, 2.05) is 37.3 Å². The van der Waals surface area contributed by atoms with Crippen LogP contribution in [0.15, 0.2) is 30.3 Å². The number of nitrogen functional groups attached to an aromatic ring is 1. The molecule has 0 aliphatic rings. The zero-order valence-corrected chi connectivity index (χ0v) is 9.77. The van der Waals surface area contributed by atoms with Crippen LogP contribution in [0.1, 0.15) is 21.7 Å². The van der Waals surface area contributed by atoms with E-state index < -0.39 is 0 Å². The Bertz CT molecular complexity index is 545. The van der Waals surface area contributed by atoms with Crippen LogP contribution in [0.3, 0.4) is 0 Å². The third-order valence-corrected chi connectivity index (χ3v) is 2.65. The Labute approximate surface area is 99.2 Å². The molecule has 0 saturated heterocycles.